The fourth-order valence-corrected chi connectivity index (χ4v) is 2.26. The number of thioether (sulfide) groups is 1. The Bertz CT molecular complexity index is 538. The van der Waals surface area contributed by atoms with Crippen molar-refractivity contribution in [2.75, 3.05) is 6.26 Å². The number of hydrogen-bond acceptors (Lipinski definition) is 4. The molecule has 0 atom stereocenters. The molecule has 0 saturated carbocycles. The van der Waals surface area contributed by atoms with Crippen LogP contribution in [0.1, 0.15) is 12.8 Å². The molecular weight excluding hydrogens is 238 g/mol. The summed E-state index contributed by atoms with van der Waals surface area (Å²) in [7, 11) is 0. The van der Waals surface area contributed by atoms with E-state index in [0.29, 0.717) is 13.0 Å². The normalized spacial score (nSPS) is 10.9. The van der Waals surface area contributed by atoms with Crippen molar-refractivity contribution in [3.8, 4) is 0 Å². The molecule has 1 N–H and O–H groups in total. The average molecular weight is 251 g/mol. The van der Waals surface area contributed by atoms with Gasteiger partial charge in [0.1, 0.15) is 17.0 Å². The molecule has 2 aromatic rings. The van der Waals surface area contributed by atoms with Gasteiger partial charge in [-0.2, -0.15) is 0 Å². The molecule has 0 aliphatic rings. The molecule has 2 rings (SSSR count). The van der Waals surface area contributed by atoms with E-state index in [4.69, 9.17) is 5.11 Å². The van der Waals surface area contributed by atoms with Crippen molar-refractivity contribution >= 4 is 28.8 Å². The summed E-state index contributed by atoms with van der Waals surface area (Å²) in [6.45, 7) is 0.667. The Morgan fingerprint density at radius 1 is 1.53 bits per heavy atom. The van der Waals surface area contributed by atoms with E-state index >= 15 is 0 Å². The molecule has 5 nitrogen and oxygen atoms in total. The molecular formula is C11H13N3O2S. The van der Waals surface area contributed by atoms with Crippen LogP contribution in [0.5, 0.6) is 0 Å². The first-order valence-electron chi connectivity index (χ1n) is 5.28. The van der Waals surface area contributed by atoms with Crippen LogP contribution in [-0.2, 0) is 11.3 Å². The Hall–Kier alpha value is -1.56. The third kappa shape index (κ3) is 2.58. The van der Waals surface area contributed by atoms with E-state index in [0.717, 1.165) is 16.1 Å². The number of aliphatic carboxylic acids is 1. The van der Waals surface area contributed by atoms with E-state index in [1.165, 1.54) is 0 Å². The monoisotopic (exact) mass is 251 g/mol. The highest BCUT2D eigenvalue weighted by molar-refractivity contribution is 7.98. The zero-order valence-electron chi connectivity index (χ0n) is 9.46. The Balaban J connectivity index is 2.21. The van der Waals surface area contributed by atoms with Gasteiger partial charge in [0, 0.05) is 19.2 Å². The lowest BCUT2D eigenvalue weighted by molar-refractivity contribution is -0.137. The number of carboxylic acids is 1. The Kier molecular flexibility index (Phi) is 3.63. The van der Waals surface area contributed by atoms with Crippen LogP contribution in [0.4, 0.5) is 0 Å². The Morgan fingerprint density at radius 2 is 2.35 bits per heavy atom. The second-order valence-electron chi connectivity index (χ2n) is 3.63. The van der Waals surface area contributed by atoms with Gasteiger partial charge in [0.2, 0.25) is 0 Å². The van der Waals surface area contributed by atoms with Crippen LogP contribution in [0, 0.1) is 0 Å². The molecule has 0 aromatic carbocycles. The molecule has 0 unspecified atom stereocenters. The standard InChI is InChI=1S/C11H13N3O2S/c1-17-11-8-4-6-14(5-2-3-9(15)16)10(8)12-7-13-11/h4,6-7H,2-3,5H2,1H3,(H,15,16). The lowest BCUT2D eigenvalue weighted by atomic mass is 10.3. The lowest BCUT2D eigenvalue weighted by Gasteiger charge is -2.03. The number of hydrogen-bond donors (Lipinski definition) is 1. The summed E-state index contributed by atoms with van der Waals surface area (Å²) < 4.78 is 1.97. The van der Waals surface area contributed by atoms with Gasteiger partial charge in [0.05, 0.1) is 5.39 Å². The fourth-order valence-electron chi connectivity index (χ4n) is 1.72. The largest absolute Gasteiger partial charge is 0.481 e. The minimum Gasteiger partial charge on any atom is -0.481 e. The number of fused-ring (bicyclic) bond motifs is 1. The summed E-state index contributed by atoms with van der Waals surface area (Å²) in [5.41, 5.74) is 0.870. The maximum atomic E-state index is 10.5. The summed E-state index contributed by atoms with van der Waals surface area (Å²) >= 11 is 1.58. The van der Waals surface area contributed by atoms with Gasteiger partial charge in [-0.3, -0.25) is 4.79 Å². The quantitative estimate of drug-likeness (QED) is 0.650. The van der Waals surface area contributed by atoms with Gasteiger partial charge < -0.3 is 9.67 Å². The molecule has 0 spiro atoms. The van der Waals surface area contributed by atoms with Crippen LogP contribution in [0.25, 0.3) is 11.0 Å². The lowest BCUT2D eigenvalue weighted by Crippen LogP contribution is -2.01. The highest BCUT2D eigenvalue weighted by Crippen LogP contribution is 2.23. The van der Waals surface area contributed by atoms with Crippen LogP contribution in [0.15, 0.2) is 23.6 Å². The molecule has 90 valence electrons. The maximum absolute atomic E-state index is 10.5. The van der Waals surface area contributed by atoms with Crippen molar-refractivity contribution in [1.29, 1.82) is 0 Å². The van der Waals surface area contributed by atoms with Crippen LogP contribution < -0.4 is 0 Å². The number of aromatic nitrogens is 3. The van der Waals surface area contributed by atoms with Gasteiger partial charge >= 0.3 is 5.97 Å². The molecule has 0 saturated heterocycles. The number of nitrogens with zero attached hydrogens (tertiary/aromatic N) is 3. The maximum Gasteiger partial charge on any atom is 0.303 e. The summed E-state index contributed by atoms with van der Waals surface area (Å²) in [5, 5.41) is 10.6. The highest BCUT2D eigenvalue weighted by Gasteiger charge is 2.07. The topological polar surface area (TPSA) is 68.0 Å². The SMILES string of the molecule is CSc1ncnc2c1ccn2CCCC(=O)O. The molecule has 0 aliphatic carbocycles. The van der Waals surface area contributed by atoms with Gasteiger partial charge in [0.15, 0.2) is 0 Å². The number of carbonyl (C=O) groups is 1. The summed E-state index contributed by atoms with van der Waals surface area (Å²) in [5.74, 6) is -0.763. The number of carboxylic acid groups (broad SMARTS) is 1. The minimum atomic E-state index is -0.763. The molecule has 2 heterocycles. The van der Waals surface area contributed by atoms with Crippen LogP contribution in [0.2, 0.25) is 0 Å². The van der Waals surface area contributed by atoms with Crippen molar-refractivity contribution in [3.05, 3.63) is 18.6 Å². The molecule has 2 aromatic heterocycles. The number of aryl methyl sites for hydroxylation is 1. The minimum absolute atomic E-state index is 0.181. The number of rotatable bonds is 5. The van der Waals surface area contributed by atoms with Crippen LogP contribution >= 0.6 is 11.8 Å². The molecule has 0 fully saturated rings. The average Bonchev–Trinajstić information content (AvgIpc) is 2.72. The predicted octanol–water partition coefficient (Wildman–Crippen LogP) is 2.02. The van der Waals surface area contributed by atoms with Crippen molar-refractivity contribution in [1.82, 2.24) is 14.5 Å². The second-order valence-corrected chi connectivity index (χ2v) is 4.42. The summed E-state index contributed by atoms with van der Waals surface area (Å²) in [6, 6.07) is 1.97. The Labute approximate surface area is 103 Å². The molecule has 0 bridgehead atoms. The van der Waals surface area contributed by atoms with Crippen molar-refractivity contribution in [2.45, 2.75) is 24.4 Å². The molecule has 0 aliphatic heterocycles. The smallest absolute Gasteiger partial charge is 0.303 e. The van der Waals surface area contributed by atoms with Crippen molar-refractivity contribution < 1.29 is 9.90 Å². The van der Waals surface area contributed by atoms with Gasteiger partial charge in [-0.25, -0.2) is 9.97 Å². The first kappa shape index (κ1) is 11.9. The second kappa shape index (κ2) is 5.18. The molecule has 6 heteroatoms. The van der Waals surface area contributed by atoms with Gasteiger partial charge in [0.25, 0.3) is 0 Å². The first-order chi connectivity index (χ1) is 8.22. The molecule has 0 radical (unpaired) electrons. The third-order valence-corrected chi connectivity index (χ3v) is 3.21. The van der Waals surface area contributed by atoms with Crippen LogP contribution in [0.3, 0.4) is 0 Å². The van der Waals surface area contributed by atoms with Gasteiger partial charge in [-0.1, -0.05) is 0 Å². The summed E-state index contributed by atoms with van der Waals surface area (Å²) in [6.07, 6.45) is 6.24. The van der Waals surface area contributed by atoms with E-state index in [1.807, 2.05) is 23.1 Å². The van der Waals surface area contributed by atoms with Crippen molar-refractivity contribution in [3.63, 3.8) is 0 Å². The van der Waals surface area contributed by atoms with E-state index in [9.17, 15) is 4.79 Å². The third-order valence-electron chi connectivity index (χ3n) is 2.50. The van der Waals surface area contributed by atoms with Gasteiger partial charge in [-0.05, 0) is 18.7 Å². The zero-order chi connectivity index (χ0) is 12.3. The summed E-state index contributed by atoms with van der Waals surface area (Å²) in [4.78, 5) is 18.9. The zero-order valence-corrected chi connectivity index (χ0v) is 10.3. The molecule has 0 amide bonds. The fraction of sp³-hybridized carbons (Fsp3) is 0.364. The van der Waals surface area contributed by atoms with Gasteiger partial charge in [-0.15, -0.1) is 11.8 Å². The van der Waals surface area contributed by atoms with Crippen molar-refractivity contribution in [2.24, 2.45) is 0 Å². The van der Waals surface area contributed by atoms with E-state index in [-0.39, 0.29) is 6.42 Å². The van der Waals surface area contributed by atoms with E-state index in [2.05, 4.69) is 9.97 Å². The van der Waals surface area contributed by atoms with Crippen LogP contribution in [-0.4, -0.2) is 31.9 Å². The highest BCUT2D eigenvalue weighted by atomic mass is 32.2. The Morgan fingerprint density at radius 3 is 3.06 bits per heavy atom. The predicted molar refractivity (Wildman–Crippen MR) is 66.2 cm³/mol. The first-order valence-corrected chi connectivity index (χ1v) is 6.50. The molecule has 17 heavy (non-hydrogen) atoms. The van der Waals surface area contributed by atoms with E-state index in [1.54, 1.807) is 18.1 Å². The van der Waals surface area contributed by atoms with E-state index < -0.39 is 5.97 Å².